The zero-order valence-electron chi connectivity index (χ0n) is 15.7. The van der Waals surface area contributed by atoms with E-state index in [9.17, 15) is 0 Å². The smallest absolute Gasteiger partial charge is 0.220 e. The lowest BCUT2D eigenvalue weighted by molar-refractivity contribution is -0.00535. The monoisotopic (exact) mass is 402 g/mol. The summed E-state index contributed by atoms with van der Waals surface area (Å²) in [5.41, 5.74) is 10.6. The third-order valence-corrected chi connectivity index (χ3v) is 5.17. The average molecular weight is 403 g/mol. The summed E-state index contributed by atoms with van der Waals surface area (Å²) in [6.07, 6.45) is 5.04. The minimum absolute atomic E-state index is 0.186. The molecule has 1 atom stereocenters. The molecule has 0 aliphatic carbocycles. The molecular weight excluding hydrogens is 380 g/mol. The third kappa shape index (κ3) is 3.81. The predicted molar refractivity (Wildman–Crippen MR) is 107 cm³/mol. The molecule has 0 spiro atoms. The molecule has 5 heterocycles. The van der Waals surface area contributed by atoms with Crippen molar-refractivity contribution in [3.63, 3.8) is 0 Å². The van der Waals surface area contributed by atoms with Crippen molar-refractivity contribution in [3.05, 3.63) is 40.8 Å². The summed E-state index contributed by atoms with van der Waals surface area (Å²) in [5, 5.41) is 13.8. The van der Waals surface area contributed by atoms with E-state index in [0.717, 1.165) is 43.6 Å². The molecule has 3 aromatic heterocycles. The van der Waals surface area contributed by atoms with Crippen LogP contribution in [0.25, 0.3) is 16.8 Å². The Kier molecular flexibility index (Phi) is 5.45. The van der Waals surface area contributed by atoms with Crippen molar-refractivity contribution in [2.24, 2.45) is 0 Å². The van der Waals surface area contributed by atoms with Gasteiger partial charge in [0.05, 0.1) is 47.0 Å². The predicted octanol–water partition coefficient (Wildman–Crippen LogP) is 2.13. The van der Waals surface area contributed by atoms with Crippen LogP contribution in [0.2, 0.25) is 5.02 Å². The van der Waals surface area contributed by atoms with Gasteiger partial charge in [0.15, 0.2) is 0 Å². The highest BCUT2D eigenvalue weighted by atomic mass is 35.5. The van der Waals surface area contributed by atoms with Crippen LogP contribution in [-0.4, -0.2) is 56.0 Å². The minimum Gasteiger partial charge on any atom is -0.391 e. The number of hydrogen-bond acceptors (Lipinski definition) is 7. The van der Waals surface area contributed by atoms with Gasteiger partial charge < -0.3 is 15.6 Å². The molecule has 2 aliphatic heterocycles. The molecule has 0 saturated carbocycles. The van der Waals surface area contributed by atoms with E-state index in [1.165, 1.54) is 17.5 Å². The molecule has 0 amide bonds. The topological polar surface area (TPSA) is 102 Å². The number of rotatable bonds is 1. The maximum Gasteiger partial charge on any atom is 0.220 e. The minimum atomic E-state index is -0.186. The van der Waals surface area contributed by atoms with Crippen LogP contribution in [0.15, 0.2) is 24.5 Å². The molecule has 0 bridgehead atoms. The number of pyridine rings is 1. The Labute approximate surface area is 167 Å². The van der Waals surface area contributed by atoms with Gasteiger partial charge in [-0.1, -0.05) is 17.7 Å². The van der Waals surface area contributed by atoms with E-state index in [1.54, 1.807) is 6.20 Å². The Bertz CT molecular complexity index is 986. The van der Waals surface area contributed by atoms with Crippen molar-refractivity contribution in [3.8, 4) is 11.3 Å². The van der Waals surface area contributed by atoms with Crippen molar-refractivity contribution < 1.29 is 9.84 Å². The molecule has 8 nitrogen and oxygen atoms in total. The Morgan fingerprint density at radius 1 is 1.29 bits per heavy atom. The molecule has 0 aromatic carbocycles. The van der Waals surface area contributed by atoms with E-state index in [0.29, 0.717) is 17.3 Å². The molecule has 1 fully saturated rings. The van der Waals surface area contributed by atoms with Gasteiger partial charge in [-0.3, -0.25) is 4.90 Å². The summed E-state index contributed by atoms with van der Waals surface area (Å²) < 4.78 is 6.89. The molecule has 0 radical (unpaired) electrons. The molecule has 9 heteroatoms. The van der Waals surface area contributed by atoms with Crippen LogP contribution in [0.5, 0.6) is 0 Å². The van der Waals surface area contributed by atoms with Crippen LogP contribution in [0, 0.1) is 0 Å². The normalized spacial score (nSPS) is 19.3. The largest absolute Gasteiger partial charge is 0.391 e. The van der Waals surface area contributed by atoms with Gasteiger partial charge in [-0.05, 0) is 31.5 Å². The molecule has 5 rings (SSSR count). The highest BCUT2D eigenvalue weighted by Crippen LogP contribution is 2.32. The number of hydrogen-bond donors (Lipinski definition) is 2. The van der Waals surface area contributed by atoms with Gasteiger partial charge in [-0.25, -0.2) is 14.5 Å². The Balaban J connectivity index is 0.000000233. The summed E-state index contributed by atoms with van der Waals surface area (Å²) in [6, 6.07) is 4.19. The first-order chi connectivity index (χ1) is 13.5. The second-order valence-corrected chi connectivity index (χ2v) is 7.54. The van der Waals surface area contributed by atoms with Gasteiger partial charge in [0.25, 0.3) is 0 Å². The zero-order valence-corrected chi connectivity index (χ0v) is 16.4. The molecule has 148 valence electrons. The van der Waals surface area contributed by atoms with Gasteiger partial charge in [-0.2, -0.15) is 5.10 Å². The van der Waals surface area contributed by atoms with Crippen LogP contribution in [0.3, 0.4) is 0 Å². The summed E-state index contributed by atoms with van der Waals surface area (Å²) >= 11 is 6.20. The highest BCUT2D eigenvalue weighted by Gasteiger charge is 2.21. The van der Waals surface area contributed by atoms with Crippen molar-refractivity contribution in [1.29, 1.82) is 0 Å². The second-order valence-electron chi connectivity index (χ2n) is 7.13. The highest BCUT2D eigenvalue weighted by molar-refractivity contribution is 6.33. The maximum atomic E-state index is 8.78. The van der Waals surface area contributed by atoms with Crippen molar-refractivity contribution in [1.82, 2.24) is 24.5 Å². The number of aromatic nitrogens is 4. The van der Waals surface area contributed by atoms with E-state index < -0.39 is 0 Å². The fourth-order valence-electron chi connectivity index (χ4n) is 3.54. The van der Waals surface area contributed by atoms with E-state index >= 15 is 0 Å². The van der Waals surface area contributed by atoms with Crippen LogP contribution in [0.4, 0.5) is 5.95 Å². The first-order valence-corrected chi connectivity index (χ1v) is 9.62. The molecule has 3 aromatic rings. The number of aliphatic hydroxyl groups is 1. The van der Waals surface area contributed by atoms with E-state index in [-0.39, 0.29) is 12.1 Å². The number of nitrogens with two attached hydrogens (primary N) is 1. The number of ether oxygens (including phenoxy) is 1. The number of nitrogen functional groups attached to an aromatic ring is 1. The number of nitrogens with zero attached hydrogens (tertiary/aromatic N) is 5. The first-order valence-electron chi connectivity index (χ1n) is 9.24. The number of aliphatic hydroxyl groups excluding tert-OH is 1. The fraction of sp³-hybridized carbons (Fsp3) is 0.421. The van der Waals surface area contributed by atoms with Crippen LogP contribution >= 0.6 is 11.6 Å². The first kappa shape index (κ1) is 19.1. The lowest BCUT2D eigenvalue weighted by atomic mass is 10.1. The van der Waals surface area contributed by atoms with E-state index in [1.807, 2.05) is 4.52 Å². The number of anilines is 1. The average Bonchev–Trinajstić information content (AvgIpc) is 3.27. The lowest BCUT2D eigenvalue weighted by Crippen LogP contribution is -2.21. The molecule has 3 N–H and O–H groups in total. The van der Waals surface area contributed by atoms with Gasteiger partial charge in [0.1, 0.15) is 0 Å². The summed E-state index contributed by atoms with van der Waals surface area (Å²) in [5.74, 6) is 0.203. The zero-order chi connectivity index (χ0) is 19.7. The SMILES string of the molecule is CN1Cc2ccc3c(-c4nc(N)ncc4Cl)cnn3c2C1.OC1CCCOC1. The molecule has 2 aliphatic rings. The molecular formula is C19H23ClN6O2. The summed E-state index contributed by atoms with van der Waals surface area (Å²) in [7, 11) is 2.10. The van der Waals surface area contributed by atoms with Gasteiger partial charge in [-0.15, -0.1) is 0 Å². The van der Waals surface area contributed by atoms with Crippen molar-refractivity contribution in [2.45, 2.75) is 32.0 Å². The second kappa shape index (κ2) is 8.00. The van der Waals surface area contributed by atoms with E-state index in [2.05, 4.69) is 39.1 Å². The summed E-state index contributed by atoms with van der Waals surface area (Å²) in [4.78, 5) is 10.4. The molecule has 1 unspecified atom stereocenters. The fourth-order valence-corrected chi connectivity index (χ4v) is 3.73. The quantitative estimate of drug-likeness (QED) is 0.642. The maximum absolute atomic E-state index is 8.78. The Morgan fingerprint density at radius 2 is 2.14 bits per heavy atom. The van der Waals surface area contributed by atoms with Crippen LogP contribution < -0.4 is 5.73 Å². The molecule has 28 heavy (non-hydrogen) atoms. The van der Waals surface area contributed by atoms with Gasteiger partial charge in [0.2, 0.25) is 5.95 Å². The standard InChI is InChI=1S/C14H13ClN6.C5H10O2/c1-20-6-8-2-3-11-9(4-18-21(11)12(8)7-20)13-10(15)5-17-14(16)19-13;6-5-2-1-3-7-4-5/h2-5H,6-7H2,1H3,(H2,16,17,19);5-6H,1-4H2. The van der Waals surface area contributed by atoms with Crippen LogP contribution in [-0.2, 0) is 17.8 Å². The van der Waals surface area contributed by atoms with E-state index in [4.69, 9.17) is 27.2 Å². The van der Waals surface area contributed by atoms with Crippen LogP contribution in [0.1, 0.15) is 24.1 Å². The summed E-state index contributed by atoms with van der Waals surface area (Å²) in [6.45, 7) is 3.20. The van der Waals surface area contributed by atoms with Crippen molar-refractivity contribution >= 4 is 23.1 Å². The Morgan fingerprint density at radius 3 is 2.86 bits per heavy atom. The molecule has 1 saturated heterocycles. The van der Waals surface area contributed by atoms with Gasteiger partial charge in [0, 0.05) is 25.3 Å². The number of fused-ring (bicyclic) bond motifs is 3. The Hall–Kier alpha value is -2.26. The number of halogens is 1. The lowest BCUT2D eigenvalue weighted by Gasteiger charge is -2.15. The third-order valence-electron chi connectivity index (χ3n) is 4.89. The van der Waals surface area contributed by atoms with Crippen molar-refractivity contribution in [2.75, 3.05) is 26.0 Å². The van der Waals surface area contributed by atoms with Gasteiger partial charge >= 0.3 is 0 Å².